The van der Waals surface area contributed by atoms with E-state index in [-0.39, 0.29) is 12.3 Å². The first-order valence-corrected chi connectivity index (χ1v) is 9.99. The van der Waals surface area contributed by atoms with Crippen molar-refractivity contribution in [3.8, 4) is 16.9 Å². The van der Waals surface area contributed by atoms with Crippen LogP contribution < -0.4 is 9.64 Å². The standard InChI is InChI=1S/C25H22F3NO4/c1-16-12-17(2)14-18(13-16)15-29(23(30)24(31)32-3)21-8-4-19(5-9-21)20-6-10-22(11-7-20)33-25(26,27)28/h4-14H,15H2,1-3H3. The van der Waals surface area contributed by atoms with E-state index >= 15 is 0 Å². The number of rotatable bonds is 5. The van der Waals surface area contributed by atoms with Crippen LogP contribution in [0.1, 0.15) is 16.7 Å². The summed E-state index contributed by atoms with van der Waals surface area (Å²) in [5.41, 5.74) is 4.78. The monoisotopic (exact) mass is 457 g/mol. The molecule has 33 heavy (non-hydrogen) atoms. The molecule has 0 radical (unpaired) electrons. The Morgan fingerprint density at radius 3 is 1.85 bits per heavy atom. The maximum Gasteiger partial charge on any atom is 0.573 e. The highest BCUT2D eigenvalue weighted by molar-refractivity contribution is 6.38. The third-order valence-electron chi connectivity index (χ3n) is 4.83. The van der Waals surface area contributed by atoms with Crippen molar-refractivity contribution in [1.29, 1.82) is 0 Å². The average Bonchev–Trinajstić information content (AvgIpc) is 2.75. The third-order valence-corrected chi connectivity index (χ3v) is 4.83. The summed E-state index contributed by atoms with van der Waals surface area (Å²) in [6.45, 7) is 4.06. The van der Waals surface area contributed by atoms with Gasteiger partial charge in [0.15, 0.2) is 0 Å². The first-order chi connectivity index (χ1) is 15.6. The summed E-state index contributed by atoms with van der Waals surface area (Å²) in [6.07, 6.45) is -4.76. The number of esters is 1. The molecule has 0 aliphatic heterocycles. The Balaban J connectivity index is 1.87. The molecular weight excluding hydrogens is 435 g/mol. The largest absolute Gasteiger partial charge is 0.573 e. The first kappa shape index (κ1) is 23.8. The second kappa shape index (κ2) is 9.77. The Morgan fingerprint density at radius 1 is 0.848 bits per heavy atom. The molecule has 0 aliphatic carbocycles. The number of halogens is 3. The van der Waals surface area contributed by atoms with Gasteiger partial charge in [0.2, 0.25) is 0 Å². The van der Waals surface area contributed by atoms with Crippen LogP contribution in [0.5, 0.6) is 5.75 Å². The lowest BCUT2D eigenvalue weighted by molar-refractivity contribution is -0.274. The summed E-state index contributed by atoms with van der Waals surface area (Å²) in [5.74, 6) is -2.10. The molecule has 0 spiro atoms. The van der Waals surface area contributed by atoms with Gasteiger partial charge in [-0.05, 0) is 54.8 Å². The van der Waals surface area contributed by atoms with E-state index in [0.29, 0.717) is 16.8 Å². The maximum absolute atomic E-state index is 12.7. The van der Waals surface area contributed by atoms with Gasteiger partial charge in [-0.3, -0.25) is 9.69 Å². The summed E-state index contributed by atoms with van der Waals surface area (Å²) in [4.78, 5) is 26.0. The van der Waals surface area contributed by atoms with E-state index in [4.69, 9.17) is 0 Å². The molecule has 0 atom stereocenters. The van der Waals surface area contributed by atoms with Gasteiger partial charge in [-0.1, -0.05) is 53.6 Å². The summed E-state index contributed by atoms with van der Waals surface area (Å²) >= 11 is 0. The van der Waals surface area contributed by atoms with E-state index in [1.54, 1.807) is 24.3 Å². The molecular formula is C25H22F3NO4. The van der Waals surface area contributed by atoms with Crippen molar-refractivity contribution in [2.24, 2.45) is 0 Å². The molecule has 0 aromatic heterocycles. The van der Waals surface area contributed by atoms with Crippen molar-refractivity contribution in [2.75, 3.05) is 12.0 Å². The highest BCUT2D eigenvalue weighted by Gasteiger charge is 2.31. The van der Waals surface area contributed by atoms with Crippen LogP contribution in [-0.4, -0.2) is 25.3 Å². The molecule has 3 rings (SSSR count). The van der Waals surface area contributed by atoms with Crippen molar-refractivity contribution in [3.63, 3.8) is 0 Å². The molecule has 0 heterocycles. The SMILES string of the molecule is COC(=O)C(=O)N(Cc1cc(C)cc(C)c1)c1ccc(-c2ccc(OC(F)(F)F)cc2)cc1. The van der Waals surface area contributed by atoms with Gasteiger partial charge < -0.3 is 9.47 Å². The van der Waals surface area contributed by atoms with Crippen LogP contribution in [0.3, 0.4) is 0 Å². The number of aryl methyl sites for hydroxylation is 2. The molecule has 3 aromatic rings. The molecule has 0 saturated carbocycles. The molecule has 1 amide bonds. The molecule has 0 fully saturated rings. The number of methoxy groups -OCH3 is 1. The lowest BCUT2D eigenvalue weighted by Gasteiger charge is -2.22. The zero-order chi connectivity index (χ0) is 24.2. The van der Waals surface area contributed by atoms with Gasteiger partial charge in [-0.15, -0.1) is 13.2 Å². The lowest BCUT2D eigenvalue weighted by Crippen LogP contribution is -2.36. The van der Waals surface area contributed by atoms with E-state index in [2.05, 4.69) is 9.47 Å². The van der Waals surface area contributed by atoms with Gasteiger partial charge in [-0.2, -0.15) is 0 Å². The number of benzene rings is 3. The highest BCUT2D eigenvalue weighted by Crippen LogP contribution is 2.28. The summed E-state index contributed by atoms with van der Waals surface area (Å²) < 4.78 is 45.5. The molecule has 3 aromatic carbocycles. The van der Waals surface area contributed by atoms with Gasteiger partial charge >= 0.3 is 18.2 Å². The van der Waals surface area contributed by atoms with E-state index in [9.17, 15) is 22.8 Å². The van der Waals surface area contributed by atoms with Gasteiger partial charge in [0.1, 0.15) is 5.75 Å². The van der Waals surface area contributed by atoms with Gasteiger partial charge in [-0.25, -0.2) is 4.79 Å². The Labute approximate surface area is 189 Å². The molecule has 0 bridgehead atoms. The lowest BCUT2D eigenvalue weighted by atomic mass is 10.0. The molecule has 0 saturated heterocycles. The maximum atomic E-state index is 12.7. The summed E-state index contributed by atoms with van der Waals surface area (Å²) in [7, 11) is 1.14. The van der Waals surface area contributed by atoms with Crippen LogP contribution in [0.15, 0.2) is 66.7 Å². The van der Waals surface area contributed by atoms with Gasteiger partial charge in [0.05, 0.1) is 13.7 Å². The zero-order valence-electron chi connectivity index (χ0n) is 18.3. The molecule has 0 unspecified atom stereocenters. The summed E-state index contributed by atoms with van der Waals surface area (Å²) in [5, 5.41) is 0. The fraction of sp³-hybridized carbons (Fsp3) is 0.200. The number of carbonyl (C=O) groups is 2. The van der Waals surface area contributed by atoms with Gasteiger partial charge in [0.25, 0.3) is 0 Å². The van der Waals surface area contributed by atoms with E-state index in [0.717, 1.165) is 23.8 Å². The van der Waals surface area contributed by atoms with Crippen LogP contribution in [0, 0.1) is 13.8 Å². The Morgan fingerprint density at radius 2 is 1.36 bits per heavy atom. The summed E-state index contributed by atoms with van der Waals surface area (Å²) in [6, 6.07) is 18.1. The van der Waals surface area contributed by atoms with Crippen molar-refractivity contribution in [3.05, 3.63) is 83.4 Å². The van der Waals surface area contributed by atoms with Crippen LogP contribution in [0.2, 0.25) is 0 Å². The Kier molecular flexibility index (Phi) is 7.06. The van der Waals surface area contributed by atoms with Crippen LogP contribution >= 0.6 is 0 Å². The Bertz CT molecular complexity index is 1120. The second-order valence-corrected chi connectivity index (χ2v) is 7.50. The minimum Gasteiger partial charge on any atom is -0.462 e. The molecule has 172 valence electrons. The van der Waals surface area contributed by atoms with Crippen molar-refractivity contribution in [2.45, 2.75) is 26.8 Å². The van der Waals surface area contributed by atoms with Crippen molar-refractivity contribution in [1.82, 2.24) is 0 Å². The second-order valence-electron chi connectivity index (χ2n) is 7.50. The van der Waals surface area contributed by atoms with E-state index in [1.807, 2.05) is 32.0 Å². The van der Waals surface area contributed by atoms with E-state index in [1.165, 1.54) is 29.2 Å². The topological polar surface area (TPSA) is 55.8 Å². The van der Waals surface area contributed by atoms with Crippen LogP contribution in [-0.2, 0) is 20.9 Å². The number of hydrogen-bond acceptors (Lipinski definition) is 4. The van der Waals surface area contributed by atoms with Crippen molar-refractivity contribution >= 4 is 17.6 Å². The number of carbonyl (C=O) groups excluding carboxylic acids is 2. The molecule has 5 nitrogen and oxygen atoms in total. The minimum absolute atomic E-state index is 0.166. The smallest absolute Gasteiger partial charge is 0.462 e. The average molecular weight is 457 g/mol. The van der Waals surface area contributed by atoms with E-state index < -0.39 is 18.2 Å². The predicted molar refractivity (Wildman–Crippen MR) is 118 cm³/mol. The quantitative estimate of drug-likeness (QED) is 0.371. The normalized spacial score (nSPS) is 11.1. The third kappa shape index (κ3) is 6.35. The van der Waals surface area contributed by atoms with Crippen LogP contribution in [0.25, 0.3) is 11.1 Å². The Hall–Kier alpha value is -3.81. The first-order valence-electron chi connectivity index (χ1n) is 9.99. The molecule has 8 heteroatoms. The fourth-order valence-electron chi connectivity index (χ4n) is 3.50. The molecule has 0 N–H and O–H groups in total. The number of amides is 1. The molecule has 0 aliphatic rings. The highest BCUT2D eigenvalue weighted by atomic mass is 19.4. The number of ether oxygens (including phenoxy) is 2. The number of hydrogen-bond donors (Lipinski definition) is 0. The van der Waals surface area contributed by atoms with Crippen LogP contribution in [0.4, 0.5) is 18.9 Å². The van der Waals surface area contributed by atoms with Crippen molar-refractivity contribution < 1.29 is 32.2 Å². The number of alkyl halides is 3. The number of anilines is 1. The minimum atomic E-state index is -4.76. The fourth-order valence-corrected chi connectivity index (χ4v) is 3.50. The predicted octanol–water partition coefficient (Wildman–Crippen LogP) is 5.58. The van der Waals surface area contributed by atoms with Gasteiger partial charge in [0, 0.05) is 5.69 Å². The number of nitrogens with zero attached hydrogens (tertiary/aromatic N) is 1. The zero-order valence-corrected chi connectivity index (χ0v) is 18.3.